The number of rotatable bonds is 7. The summed E-state index contributed by atoms with van der Waals surface area (Å²) < 4.78 is 17.8. The van der Waals surface area contributed by atoms with E-state index in [9.17, 15) is 9.18 Å². The van der Waals surface area contributed by atoms with Crippen molar-refractivity contribution < 1.29 is 13.9 Å². The molecule has 2 aromatic rings. The number of anilines is 1. The van der Waals surface area contributed by atoms with Crippen LogP contribution >= 0.6 is 0 Å². The van der Waals surface area contributed by atoms with E-state index in [1.54, 1.807) is 32.2 Å². The topological polar surface area (TPSA) is 76.1 Å². The molecule has 1 heterocycles. The van der Waals surface area contributed by atoms with E-state index in [0.717, 1.165) is 5.56 Å². The van der Waals surface area contributed by atoms with Crippen LogP contribution in [0.5, 0.6) is 0 Å². The summed E-state index contributed by atoms with van der Waals surface area (Å²) >= 11 is 0. The molecule has 0 unspecified atom stereocenters. The maximum absolute atomic E-state index is 12.8. The lowest BCUT2D eigenvalue weighted by atomic mass is 10.2. The number of nitrogens with one attached hydrogen (secondary N) is 2. The summed E-state index contributed by atoms with van der Waals surface area (Å²) in [6, 6.07) is 7.57. The van der Waals surface area contributed by atoms with Gasteiger partial charge in [0.15, 0.2) is 0 Å². The summed E-state index contributed by atoms with van der Waals surface area (Å²) in [5, 5.41) is 5.75. The number of aryl methyl sites for hydroxylation is 1. The number of benzene rings is 1. The number of hydrogen-bond acceptors (Lipinski definition) is 5. The summed E-state index contributed by atoms with van der Waals surface area (Å²) in [5.74, 6) is -0.234. The molecule has 7 heteroatoms. The number of ether oxygens (including phenoxy) is 1. The first-order valence-electron chi connectivity index (χ1n) is 7.19. The third kappa shape index (κ3) is 5.30. The van der Waals surface area contributed by atoms with Gasteiger partial charge >= 0.3 is 0 Å². The molecule has 0 aliphatic rings. The van der Waals surface area contributed by atoms with Gasteiger partial charge in [-0.25, -0.2) is 14.4 Å². The fourth-order valence-electron chi connectivity index (χ4n) is 1.90. The standard InChI is InChI=1S/C16H19FN4O2/c1-11-9-14(21-16(20-11)18-7-8-23-2)15(22)19-10-12-3-5-13(17)6-4-12/h3-6,9H,7-8,10H2,1-2H3,(H,19,22)(H,18,20,21). The lowest BCUT2D eigenvalue weighted by molar-refractivity contribution is 0.0945. The van der Waals surface area contributed by atoms with Crippen molar-refractivity contribution in [3.8, 4) is 0 Å². The Labute approximate surface area is 134 Å². The molecular formula is C16H19FN4O2. The van der Waals surface area contributed by atoms with E-state index in [2.05, 4.69) is 20.6 Å². The summed E-state index contributed by atoms with van der Waals surface area (Å²) in [6.45, 7) is 3.16. The molecule has 2 N–H and O–H groups in total. The fraction of sp³-hybridized carbons (Fsp3) is 0.312. The van der Waals surface area contributed by atoms with E-state index in [1.165, 1.54) is 12.1 Å². The van der Waals surface area contributed by atoms with Gasteiger partial charge in [0.05, 0.1) is 6.61 Å². The highest BCUT2D eigenvalue weighted by Gasteiger charge is 2.10. The molecular weight excluding hydrogens is 299 g/mol. The Morgan fingerprint density at radius 3 is 2.70 bits per heavy atom. The van der Waals surface area contributed by atoms with Gasteiger partial charge in [0, 0.05) is 25.9 Å². The van der Waals surface area contributed by atoms with Crippen LogP contribution in [0, 0.1) is 12.7 Å². The number of halogens is 1. The third-order valence-corrected chi connectivity index (χ3v) is 3.04. The molecule has 122 valence electrons. The van der Waals surface area contributed by atoms with E-state index in [4.69, 9.17) is 4.74 Å². The number of amides is 1. The smallest absolute Gasteiger partial charge is 0.270 e. The molecule has 2 rings (SSSR count). The van der Waals surface area contributed by atoms with E-state index in [1.807, 2.05) is 0 Å². The van der Waals surface area contributed by atoms with E-state index >= 15 is 0 Å². The van der Waals surface area contributed by atoms with Crippen LogP contribution in [0.3, 0.4) is 0 Å². The van der Waals surface area contributed by atoms with Crippen molar-refractivity contribution in [2.24, 2.45) is 0 Å². The molecule has 0 aliphatic carbocycles. The average Bonchev–Trinajstić information content (AvgIpc) is 2.54. The van der Waals surface area contributed by atoms with Crippen molar-refractivity contribution >= 4 is 11.9 Å². The monoisotopic (exact) mass is 318 g/mol. The highest BCUT2D eigenvalue weighted by Crippen LogP contribution is 2.06. The summed E-state index contributed by atoms with van der Waals surface area (Å²) in [4.78, 5) is 20.6. The van der Waals surface area contributed by atoms with Crippen LogP contribution in [0.2, 0.25) is 0 Å². The molecule has 0 aliphatic heterocycles. The predicted octanol–water partition coefficient (Wildman–Crippen LogP) is 1.91. The second-order valence-electron chi connectivity index (χ2n) is 4.95. The Hall–Kier alpha value is -2.54. The number of carbonyl (C=O) groups excluding carboxylic acids is 1. The average molecular weight is 318 g/mol. The second kappa shape index (κ2) is 8.19. The van der Waals surface area contributed by atoms with Crippen molar-refractivity contribution in [2.75, 3.05) is 25.6 Å². The minimum atomic E-state index is -0.311. The Balaban J connectivity index is 1.99. The van der Waals surface area contributed by atoms with E-state index in [0.29, 0.717) is 31.3 Å². The number of aromatic nitrogens is 2. The zero-order chi connectivity index (χ0) is 16.7. The number of nitrogens with zero attached hydrogens (tertiary/aromatic N) is 2. The Kier molecular flexibility index (Phi) is 5.99. The van der Waals surface area contributed by atoms with Crippen LogP contribution in [0.15, 0.2) is 30.3 Å². The molecule has 0 atom stereocenters. The van der Waals surface area contributed by atoms with Gasteiger partial charge in [-0.1, -0.05) is 12.1 Å². The maximum Gasteiger partial charge on any atom is 0.270 e. The van der Waals surface area contributed by atoms with Crippen LogP contribution < -0.4 is 10.6 Å². The van der Waals surface area contributed by atoms with Crippen LogP contribution in [-0.2, 0) is 11.3 Å². The Morgan fingerprint density at radius 2 is 2.00 bits per heavy atom. The molecule has 1 aromatic carbocycles. The van der Waals surface area contributed by atoms with Gasteiger partial charge in [0.2, 0.25) is 5.95 Å². The van der Waals surface area contributed by atoms with Crippen LogP contribution in [0.4, 0.5) is 10.3 Å². The van der Waals surface area contributed by atoms with Crippen molar-refractivity contribution in [1.29, 1.82) is 0 Å². The van der Waals surface area contributed by atoms with Gasteiger partial charge in [-0.3, -0.25) is 4.79 Å². The number of hydrogen-bond donors (Lipinski definition) is 2. The quantitative estimate of drug-likeness (QED) is 0.763. The predicted molar refractivity (Wildman–Crippen MR) is 84.7 cm³/mol. The van der Waals surface area contributed by atoms with Gasteiger partial charge in [0.1, 0.15) is 11.5 Å². The Bertz CT molecular complexity index is 662. The first-order chi connectivity index (χ1) is 11.1. The minimum absolute atomic E-state index is 0.277. The van der Waals surface area contributed by atoms with Gasteiger partial charge in [-0.15, -0.1) is 0 Å². The van der Waals surface area contributed by atoms with E-state index in [-0.39, 0.29) is 17.4 Å². The zero-order valence-corrected chi connectivity index (χ0v) is 13.1. The first kappa shape index (κ1) is 16.8. The summed E-state index contributed by atoms with van der Waals surface area (Å²) in [7, 11) is 1.60. The number of carbonyl (C=O) groups is 1. The molecule has 0 spiro atoms. The minimum Gasteiger partial charge on any atom is -0.383 e. The molecule has 0 saturated heterocycles. The molecule has 1 amide bonds. The molecule has 23 heavy (non-hydrogen) atoms. The van der Waals surface area contributed by atoms with Crippen molar-refractivity contribution in [3.63, 3.8) is 0 Å². The van der Waals surface area contributed by atoms with E-state index < -0.39 is 0 Å². The van der Waals surface area contributed by atoms with Gasteiger partial charge < -0.3 is 15.4 Å². The highest BCUT2D eigenvalue weighted by atomic mass is 19.1. The summed E-state index contributed by atoms with van der Waals surface area (Å²) in [6.07, 6.45) is 0. The van der Waals surface area contributed by atoms with Crippen LogP contribution in [-0.4, -0.2) is 36.1 Å². The lowest BCUT2D eigenvalue weighted by Gasteiger charge is -2.08. The molecule has 6 nitrogen and oxygen atoms in total. The molecule has 0 radical (unpaired) electrons. The van der Waals surface area contributed by atoms with Crippen molar-refractivity contribution in [1.82, 2.24) is 15.3 Å². The van der Waals surface area contributed by atoms with Crippen molar-refractivity contribution in [3.05, 3.63) is 53.1 Å². The van der Waals surface area contributed by atoms with Gasteiger partial charge in [-0.2, -0.15) is 0 Å². The fourth-order valence-corrected chi connectivity index (χ4v) is 1.90. The number of methoxy groups -OCH3 is 1. The molecule has 0 fully saturated rings. The molecule has 0 bridgehead atoms. The summed E-state index contributed by atoms with van der Waals surface area (Å²) in [5.41, 5.74) is 1.77. The maximum atomic E-state index is 12.8. The van der Waals surface area contributed by atoms with Crippen molar-refractivity contribution in [2.45, 2.75) is 13.5 Å². The zero-order valence-electron chi connectivity index (χ0n) is 13.1. The highest BCUT2D eigenvalue weighted by molar-refractivity contribution is 5.92. The third-order valence-electron chi connectivity index (χ3n) is 3.04. The SMILES string of the molecule is COCCNc1nc(C)cc(C(=O)NCc2ccc(F)cc2)n1. The van der Waals surface area contributed by atoms with Gasteiger partial charge in [-0.05, 0) is 30.7 Å². The second-order valence-corrected chi connectivity index (χ2v) is 4.95. The molecule has 0 saturated carbocycles. The molecule has 1 aromatic heterocycles. The normalized spacial score (nSPS) is 10.4. The van der Waals surface area contributed by atoms with Gasteiger partial charge in [0.25, 0.3) is 5.91 Å². The van der Waals surface area contributed by atoms with Crippen LogP contribution in [0.1, 0.15) is 21.7 Å². The van der Waals surface area contributed by atoms with Crippen LogP contribution in [0.25, 0.3) is 0 Å². The Morgan fingerprint density at radius 1 is 1.26 bits per heavy atom. The lowest BCUT2D eigenvalue weighted by Crippen LogP contribution is -2.24. The largest absolute Gasteiger partial charge is 0.383 e. The first-order valence-corrected chi connectivity index (χ1v) is 7.19.